The number of methoxy groups -OCH3 is 1. The molecule has 3 aromatic rings. The molecule has 8 heteroatoms. The van der Waals surface area contributed by atoms with Crippen molar-refractivity contribution >= 4 is 28.7 Å². The second-order valence-corrected chi connectivity index (χ2v) is 9.47. The van der Waals surface area contributed by atoms with Crippen LogP contribution in [-0.4, -0.2) is 54.7 Å². The summed E-state index contributed by atoms with van der Waals surface area (Å²) in [5.41, 5.74) is 6.96. The molecule has 2 saturated heterocycles. The fourth-order valence-electron chi connectivity index (χ4n) is 5.25. The van der Waals surface area contributed by atoms with E-state index in [9.17, 15) is 0 Å². The summed E-state index contributed by atoms with van der Waals surface area (Å²) >= 11 is 5.92. The van der Waals surface area contributed by atoms with Crippen molar-refractivity contribution in [1.29, 1.82) is 0 Å². The van der Waals surface area contributed by atoms with Crippen molar-refractivity contribution in [1.82, 2.24) is 14.9 Å². The number of aromatic nitrogens is 2. The van der Waals surface area contributed by atoms with E-state index in [0.717, 1.165) is 44.2 Å². The Kier molecular flexibility index (Phi) is 7.04. The van der Waals surface area contributed by atoms with Crippen LogP contribution in [0.1, 0.15) is 34.7 Å². The molecule has 2 atom stereocenters. The molecule has 0 radical (unpaired) electrons. The van der Waals surface area contributed by atoms with Crippen molar-refractivity contribution in [3.05, 3.63) is 77.4 Å². The highest BCUT2D eigenvalue weighted by Crippen LogP contribution is 2.43. The van der Waals surface area contributed by atoms with Crippen LogP contribution in [-0.2, 0) is 16.0 Å². The van der Waals surface area contributed by atoms with Crippen molar-refractivity contribution in [2.45, 2.75) is 32.5 Å². The Morgan fingerprint density at radius 1 is 1.09 bits per heavy atom. The van der Waals surface area contributed by atoms with Gasteiger partial charge in [-0.15, -0.1) is 0 Å². The molecule has 0 saturated carbocycles. The maximum Gasteiger partial charge on any atom is 0.174 e. The molecule has 5 rings (SSSR count). The number of benzene rings is 1. The van der Waals surface area contributed by atoms with Gasteiger partial charge < -0.3 is 29.2 Å². The van der Waals surface area contributed by atoms with Gasteiger partial charge in [-0.25, -0.2) is 0 Å². The number of anilines is 2. The van der Waals surface area contributed by atoms with Crippen LogP contribution < -0.4 is 15.1 Å². The van der Waals surface area contributed by atoms with Gasteiger partial charge in [0.2, 0.25) is 0 Å². The number of nitrogens with one attached hydrogen (secondary N) is 1. The topological polar surface area (TPSA) is 54.8 Å². The van der Waals surface area contributed by atoms with E-state index in [1.807, 2.05) is 18.3 Å². The summed E-state index contributed by atoms with van der Waals surface area (Å²) in [4.78, 5) is 9.31. The molecule has 2 aliphatic rings. The molecule has 184 valence electrons. The molecule has 2 aromatic heterocycles. The van der Waals surface area contributed by atoms with Crippen LogP contribution in [0.5, 0.6) is 0 Å². The summed E-state index contributed by atoms with van der Waals surface area (Å²) < 4.78 is 13.2. The minimum Gasteiger partial charge on any atom is -0.383 e. The van der Waals surface area contributed by atoms with Gasteiger partial charge in [-0.3, -0.25) is 4.98 Å². The lowest BCUT2D eigenvalue weighted by Gasteiger charge is -2.31. The quantitative estimate of drug-likeness (QED) is 0.498. The van der Waals surface area contributed by atoms with E-state index in [1.165, 1.54) is 22.6 Å². The highest BCUT2D eigenvalue weighted by molar-refractivity contribution is 7.80. The zero-order chi connectivity index (χ0) is 24.4. The van der Waals surface area contributed by atoms with Gasteiger partial charge in [-0.05, 0) is 74.1 Å². The fourth-order valence-corrected chi connectivity index (χ4v) is 5.59. The second kappa shape index (κ2) is 10.4. The molecule has 35 heavy (non-hydrogen) atoms. The van der Waals surface area contributed by atoms with E-state index in [0.29, 0.717) is 11.7 Å². The van der Waals surface area contributed by atoms with Gasteiger partial charge in [0, 0.05) is 55.7 Å². The van der Waals surface area contributed by atoms with E-state index in [4.69, 9.17) is 21.7 Å². The molecule has 0 unspecified atom stereocenters. The molecular weight excluding hydrogens is 458 g/mol. The number of ether oxygens (including phenoxy) is 2. The van der Waals surface area contributed by atoms with E-state index < -0.39 is 0 Å². The zero-order valence-corrected chi connectivity index (χ0v) is 21.4. The Bertz CT molecular complexity index is 1160. The van der Waals surface area contributed by atoms with Crippen molar-refractivity contribution in [3.63, 3.8) is 0 Å². The Labute approximate surface area is 212 Å². The third kappa shape index (κ3) is 4.66. The molecule has 0 aliphatic carbocycles. The maximum atomic E-state index is 5.92. The summed E-state index contributed by atoms with van der Waals surface area (Å²) in [6.07, 6.45) is 1.85. The van der Waals surface area contributed by atoms with E-state index in [-0.39, 0.29) is 12.1 Å². The SMILES string of the molecule is COCCn1c(C)cc([C@H]2[C@H](c3ccccn3)NC(=S)N2c2ccc(N3CCOCC3)cc2)c1C. The van der Waals surface area contributed by atoms with E-state index >= 15 is 0 Å². The van der Waals surface area contributed by atoms with Gasteiger partial charge in [-0.1, -0.05) is 6.07 Å². The predicted octanol–water partition coefficient (Wildman–Crippen LogP) is 4.16. The minimum absolute atomic E-state index is 0.0193. The lowest BCUT2D eigenvalue weighted by atomic mass is 9.96. The average Bonchev–Trinajstić information content (AvgIpc) is 3.38. The fraction of sp³-hybridized carbons (Fsp3) is 0.407. The van der Waals surface area contributed by atoms with Crippen LogP contribution in [0.3, 0.4) is 0 Å². The third-order valence-corrected chi connectivity index (χ3v) is 7.37. The van der Waals surface area contributed by atoms with Gasteiger partial charge in [0.05, 0.1) is 37.6 Å². The van der Waals surface area contributed by atoms with E-state index in [2.05, 4.69) is 74.9 Å². The van der Waals surface area contributed by atoms with E-state index in [1.54, 1.807) is 7.11 Å². The molecule has 4 heterocycles. The smallest absolute Gasteiger partial charge is 0.174 e. The highest BCUT2D eigenvalue weighted by atomic mass is 32.1. The molecule has 0 bridgehead atoms. The largest absolute Gasteiger partial charge is 0.383 e. The first-order valence-corrected chi connectivity index (χ1v) is 12.6. The second-order valence-electron chi connectivity index (χ2n) is 9.08. The summed E-state index contributed by atoms with van der Waals surface area (Å²) in [6.45, 7) is 9.22. The van der Waals surface area contributed by atoms with Crippen LogP contribution in [0, 0.1) is 13.8 Å². The van der Waals surface area contributed by atoms with Crippen LogP contribution in [0.15, 0.2) is 54.7 Å². The number of thiocarbonyl (C=S) groups is 1. The molecule has 0 spiro atoms. The first-order chi connectivity index (χ1) is 17.1. The van der Waals surface area contributed by atoms with Crippen molar-refractivity contribution in [2.24, 2.45) is 0 Å². The molecule has 2 fully saturated rings. The van der Waals surface area contributed by atoms with Gasteiger partial charge in [-0.2, -0.15) is 0 Å². The number of rotatable bonds is 7. The average molecular weight is 492 g/mol. The number of hydrogen-bond acceptors (Lipinski definition) is 5. The molecule has 2 aliphatic heterocycles. The Morgan fingerprint density at radius 3 is 2.51 bits per heavy atom. The maximum absolute atomic E-state index is 5.92. The van der Waals surface area contributed by atoms with Gasteiger partial charge in [0.25, 0.3) is 0 Å². The summed E-state index contributed by atoms with van der Waals surface area (Å²) in [5, 5.41) is 4.29. The zero-order valence-electron chi connectivity index (χ0n) is 20.6. The Morgan fingerprint density at radius 2 is 1.83 bits per heavy atom. The molecule has 0 amide bonds. The standard InChI is InChI=1S/C27H33N5O2S/c1-19-18-23(20(2)31(19)14-15-33-3)26-25(24-6-4-5-11-28-24)29-27(35)32(26)22-9-7-21(8-10-22)30-12-16-34-17-13-30/h4-11,18,25-26H,12-17H2,1-3H3,(H,29,35)/t25-,26-/m0/s1. The summed E-state index contributed by atoms with van der Waals surface area (Å²) in [7, 11) is 1.74. The van der Waals surface area contributed by atoms with Gasteiger partial charge in [0.1, 0.15) is 0 Å². The van der Waals surface area contributed by atoms with Gasteiger partial charge >= 0.3 is 0 Å². The van der Waals surface area contributed by atoms with Crippen LogP contribution in [0.4, 0.5) is 11.4 Å². The van der Waals surface area contributed by atoms with Crippen molar-refractivity contribution < 1.29 is 9.47 Å². The number of pyridine rings is 1. The van der Waals surface area contributed by atoms with Crippen LogP contribution >= 0.6 is 12.2 Å². The van der Waals surface area contributed by atoms with Crippen LogP contribution in [0.2, 0.25) is 0 Å². The number of aryl methyl sites for hydroxylation is 1. The summed E-state index contributed by atoms with van der Waals surface area (Å²) in [5.74, 6) is 0. The number of hydrogen-bond donors (Lipinski definition) is 1. The third-order valence-electron chi connectivity index (χ3n) is 7.05. The first-order valence-electron chi connectivity index (χ1n) is 12.2. The van der Waals surface area contributed by atoms with Gasteiger partial charge in [0.15, 0.2) is 5.11 Å². The normalized spacial score (nSPS) is 20.4. The molecule has 1 aromatic carbocycles. The summed E-state index contributed by atoms with van der Waals surface area (Å²) in [6, 6.07) is 17.0. The number of morpholine rings is 1. The van der Waals surface area contributed by atoms with Crippen molar-refractivity contribution in [3.8, 4) is 0 Å². The monoisotopic (exact) mass is 491 g/mol. The Hall–Kier alpha value is -2.94. The van der Waals surface area contributed by atoms with Crippen LogP contribution in [0.25, 0.3) is 0 Å². The van der Waals surface area contributed by atoms with Crippen molar-refractivity contribution in [2.75, 3.05) is 49.8 Å². The lowest BCUT2D eigenvalue weighted by Crippen LogP contribution is -2.36. The molecule has 7 nitrogen and oxygen atoms in total. The number of nitrogens with zero attached hydrogens (tertiary/aromatic N) is 4. The minimum atomic E-state index is -0.0565. The Balaban J connectivity index is 1.54. The first kappa shape index (κ1) is 23.8. The predicted molar refractivity (Wildman–Crippen MR) is 143 cm³/mol. The molecular formula is C27H33N5O2S. The highest BCUT2D eigenvalue weighted by Gasteiger charge is 2.42. The lowest BCUT2D eigenvalue weighted by molar-refractivity contribution is 0.122. The molecule has 1 N–H and O–H groups in total.